The molecule has 0 atom stereocenters. The number of aromatic nitrogens is 1. The lowest BCUT2D eigenvalue weighted by molar-refractivity contribution is 0.671. The van der Waals surface area contributed by atoms with E-state index >= 15 is 0 Å². The average molecular weight is 636 g/mol. The molecule has 232 valence electrons. The van der Waals surface area contributed by atoms with Crippen LogP contribution in [-0.4, -0.2) is 4.57 Å². The van der Waals surface area contributed by atoms with Gasteiger partial charge in [0.15, 0.2) is 5.58 Å². The maximum absolute atomic E-state index is 7.04. The van der Waals surface area contributed by atoms with Gasteiger partial charge in [0.05, 0.1) is 11.0 Å². The lowest BCUT2D eigenvalue weighted by Gasteiger charge is -2.16. The van der Waals surface area contributed by atoms with Crippen LogP contribution in [0.4, 0.5) is 0 Å². The number of rotatable bonds is 3. The van der Waals surface area contributed by atoms with Crippen LogP contribution in [0.15, 0.2) is 180 Å². The van der Waals surface area contributed by atoms with Crippen molar-refractivity contribution >= 4 is 76.1 Å². The van der Waals surface area contributed by atoms with E-state index in [-0.39, 0.29) is 0 Å². The van der Waals surface area contributed by atoms with Crippen molar-refractivity contribution in [1.29, 1.82) is 0 Å². The first-order valence-electron chi connectivity index (χ1n) is 17.2. The lowest BCUT2D eigenvalue weighted by Crippen LogP contribution is -1.97. The normalized spacial score (nSPS) is 12.0. The van der Waals surface area contributed by atoms with E-state index < -0.39 is 0 Å². The van der Waals surface area contributed by atoms with Gasteiger partial charge >= 0.3 is 0 Å². The lowest BCUT2D eigenvalue weighted by atomic mass is 9.89. The van der Waals surface area contributed by atoms with Gasteiger partial charge in [-0.1, -0.05) is 146 Å². The van der Waals surface area contributed by atoms with Crippen molar-refractivity contribution in [1.82, 2.24) is 4.57 Å². The summed E-state index contributed by atoms with van der Waals surface area (Å²) in [5, 5.41) is 12.3. The number of hydrogen-bond donors (Lipinski definition) is 0. The largest absolute Gasteiger partial charge is 0.454 e. The number of para-hydroxylation sites is 2. The SMILES string of the molecule is c1ccc(-c2cc(-c3ccccc3)cc(-n3c4ccccc4c4c5c6ccccc6c6ccccc6c5c5c6ccccc6oc5c43)c2)cc1. The van der Waals surface area contributed by atoms with E-state index in [0.29, 0.717) is 0 Å². The van der Waals surface area contributed by atoms with Crippen LogP contribution >= 0.6 is 0 Å². The molecule has 2 nitrogen and oxygen atoms in total. The van der Waals surface area contributed by atoms with Crippen LogP contribution in [0.25, 0.3) is 104 Å². The minimum Gasteiger partial charge on any atom is -0.454 e. The van der Waals surface area contributed by atoms with E-state index in [0.717, 1.165) is 38.7 Å². The monoisotopic (exact) mass is 635 g/mol. The molecular weight excluding hydrogens is 607 g/mol. The van der Waals surface area contributed by atoms with Gasteiger partial charge < -0.3 is 8.98 Å². The summed E-state index contributed by atoms with van der Waals surface area (Å²) in [4.78, 5) is 0. The smallest absolute Gasteiger partial charge is 0.160 e. The first kappa shape index (κ1) is 27.3. The van der Waals surface area contributed by atoms with Crippen LogP contribution in [0.2, 0.25) is 0 Å². The Morgan fingerprint density at radius 3 is 1.44 bits per heavy atom. The highest BCUT2D eigenvalue weighted by Gasteiger charge is 2.26. The summed E-state index contributed by atoms with van der Waals surface area (Å²) >= 11 is 0. The van der Waals surface area contributed by atoms with Crippen LogP contribution in [0.5, 0.6) is 0 Å². The zero-order chi connectivity index (χ0) is 32.8. The van der Waals surface area contributed by atoms with Crippen molar-refractivity contribution in [3.05, 3.63) is 176 Å². The van der Waals surface area contributed by atoms with E-state index in [1.54, 1.807) is 0 Å². The number of hydrogen-bond acceptors (Lipinski definition) is 1. The van der Waals surface area contributed by atoms with Crippen molar-refractivity contribution in [3.63, 3.8) is 0 Å². The van der Waals surface area contributed by atoms with Gasteiger partial charge in [0.25, 0.3) is 0 Å². The van der Waals surface area contributed by atoms with Crippen molar-refractivity contribution in [2.24, 2.45) is 0 Å². The Hall–Kier alpha value is -6.64. The summed E-state index contributed by atoms with van der Waals surface area (Å²) < 4.78 is 9.49. The number of fused-ring (bicyclic) bond motifs is 15. The zero-order valence-electron chi connectivity index (χ0n) is 27.1. The van der Waals surface area contributed by atoms with Crippen molar-refractivity contribution in [2.75, 3.05) is 0 Å². The molecule has 0 bridgehead atoms. The summed E-state index contributed by atoms with van der Waals surface area (Å²) in [6.45, 7) is 0. The summed E-state index contributed by atoms with van der Waals surface area (Å²) in [6, 6.07) is 63.5. The fraction of sp³-hybridized carbons (Fsp3) is 0. The highest BCUT2D eigenvalue weighted by molar-refractivity contribution is 6.44. The summed E-state index contributed by atoms with van der Waals surface area (Å²) in [5.74, 6) is 0. The van der Waals surface area contributed by atoms with Gasteiger partial charge in [0, 0.05) is 38.0 Å². The van der Waals surface area contributed by atoms with E-state index in [1.165, 1.54) is 65.3 Å². The van der Waals surface area contributed by atoms with Gasteiger partial charge in [-0.05, 0) is 74.1 Å². The molecule has 0 radical (unpaired) electrons. The second-order valence-corrected chi connectivity index (χ2v) is 13.2. The second kappa shape index (κ2) is 10.4. The molecule has 0 unspecified atom stereocenters. The molecule has 2 heteroatoms. The summed E-state index contributed by atoms with van der Waals surface area (Å²) in [5.41, 5.74) is 9.87. The van der Waals surface area contributed by atoms with Gasteiger partial charge in [-0.25, -0.2) is 0 Å². The molecule has 2 heterocycles. The van der Waals surface area contributed by atoms with E-state index in [4.69, 9.17) is 4.42 Å². The molecule has 9 aromatic carbocycles. The zero-order valence-corrected chi connectivity index (χ0v) is 27.1. The minimum atomic E-state index is 0.897. The van der Waals surface area contributed by atoms with Gasteiger partial charge in [-0.2, -0.15) is 0 Å². The predicted octanol–water partition coefficient (Wildman–Crippen LogP) is 13.5. The Kier molecular flexibility index (Phi) is 5.70. The van der Waals surface area contributed by atoms with Crippen LogP contribution in [0, 0.1) is 0 Å². The molecule has 0 saturated carbocycles. The third-order valence-electron chi connectivity index (χ3n) is 10.5. The number of furan rings is 1. The molecule has 11 rings (SSSR count). The maximum atomic E-state index is 7.04. The predicted molar refractivity (Wildman–Crippen MR) is 211 cm³/mol. The molecular formula is C48H29NO. The van der Waals surface area contributed by atoms with Gasteiger partial charge in [0.1, 0.15) is 5.58 Å². The van der Waals surface area contributed by atoms with E-state index in [2.05, 4.69) is 180 Å². The molecule has 2 aromatic heterocycles. The van der Waals surface area contributed by atoms with Crippen LogP contribution in [0.1, 0.15) is 0 Å². The molecule has 11 aromatic rings. The summed E-state index contributed by atoms with van der Waals surface area (Å²) in [6.07, 6.45) is 0. The second-order valence-electron chi connectivity index (χ2n) is 13.2. The molecule has 0 aliphatic heterocycles. The first-order valence-corrected chi connectivity index (χ1v) is 17.2. The summed E-state index contributed by atoms with van der Waals surface area (Å²) in [7, 11) is 0. The maximum Gasteiger partial charge on any atom is 0.160 e. The fourth-order valence-corrected chi connectivity index (χ4v) is 8.43. The van der Waals surface area contributed by atoms with Gasteiger partial charge in [0.2, 0.25) is 0 Å². The first-order chi connectivity index (χ1) is 24.8. The molecule has 50 heavy (non-hydrogen) atoms. The molecule has 0 N–H and O–H groups in total. The third kappa shape index (κ3) is 3.79. The van der Waals surface area contributed by atoms with Crippen LogP contribution in [0.3, 0.4) is 0 Å². The van der Waals surface area contributed by atoms with Crippen molar-refractivity contribution in [2.45, 2.75) is 0 Å². The molecule has 0 saturated heterocycles. The van der Waals surface area contributed by atoms with Crippen LogP contribution < -0.4 is 0 Å². The molecule has 0 aliphatic carbocycles. The third-order valence-corrected chi connectivity index (χ3v) is 10.5. The van der Waals surface area contributed by atoms with Gasteiger partial charge in [-0.15, -0.1) is 0 Å². The minimum absolute atomic E-state index is 0.897. The Balaban J connectivity index is 1.42. The molecule has 0 aliphatic rings. The molecule has 0 spiro atoms. The Labute approximate surface area is 288 Å². The van der Waals surface area contributed by atoms with E-state index in [1.807, 2.05) is 0 Å². The van der Waals surface area contributed by atoms with Crippen LogP contribution in [-0.2, 0) is 0 Å². The molecule has 0 amide bonds. The Bertz CT molecular complexity index is 3070. The average Bonchev–Trinajstić information content (AvgIpc) is 3.75. The highest BCUT2D eigenvalue weighted by Crippen LogP contribution is 2.50. The van der Waals surface area contributed by atoms with Crippen molar-refractivity contribution in [3.8, 4) is 27.9 Å². The quantitative estimate of drug-likeness (QED) is 0.177. The number of benzene rings is 9. The Morgan fingerprint density at radius 2 is 0.820 bits per heavy atom. The number of nitrogens with zero attached hydrogens (tertiary/aromatic N) is 1. The molecule has 0 fully saturated rings. The highest BCUT2D eigenvalue weighted by atomic mass is 16.3. The fourth-order valence-electron chi connectivity index (χ4n) is 8.43. The topological polar surface area (TPSA) is 18.1 Å². The van der Waals surface area contributed by atoms with Gasteiger partial charge in [-0.3, -0.25) is 0 Å². The van der Waals surface area contributed by atoms with Crippen molar-refractivity contribution < 1.29 is 4.42 Å². The van der Waals surface area contributed by atoms with E-state index in [9.17, 15) is 0 Å². The standard InChI is InChI=1S/C48H29NO/c1-3-15-30(16-4-1)32-27-33(31-17-5-2-6-18-31)29-34(28-32)49-41-25-13-11-23-39(41)45-43-37-21-9-7-19-35(37)36-20-8-10-22-38(36)44(43)46-40-24-12-14-26-42(40)50-48(46)47(45)49/h1-29H. The Morgan fingerprint density at radius 1 is 0.340 bits per heavy atom.